The molecule has 1 aliphatic rings. The molecule has 0 bridgehead atoms. The predicted molar refractivity (Wildman–Crippen MR) is 49.1 cm³/mol. The van der Waals surface area contributed by atoms with Crippen molar-refractivity contribution >= 4 is 17.8 Å². The van der Waals surface area contributed by atoms with Crippen LogP contribution >= 0.6 is 0 Å². The van der Waals surface area contributed by atoms with E-state index in [4.69, 9.17) is 10.2 Å². The Balaban J connectivity index is 2.43. The largest absolute Gasteiger partial charge is 0.481 e. The van der Waals surface area contributed by atoms with Crippen molar-refractivity contribution in [1.29, 1.82) is 0 Å². The second kappa shape index (κ2) is 4.29. The number of nitrogens with one attached hydrogen (secondary N) is 1. The lowest BCUT2D eigenvalue weighted by Crippen LogP contribution is -2.40. The Morgan fingerprint density at radius 3 is 2.33 bits per heavy atom. The summed E-state index contributed by atoms with van der Waals surface area (Å²) in [6.07, 6.45) is 0.685. The van der Waals surface area contributed by atoms with Gasteiger partial charge in [-0.2, -0.15) is 0 Å². The molecule has 3 N–H and O–H groups in total. The van der Waals surface area contributed by atoms with E-state index in [0.717, 1.165) is 0 Å². The minimum absolute atomic E-state index is 0.129. The third-order valence-electron chi connectivity index (χ3n) is 2.45. The maximum absolute atomic E-state index is 10.7. The van der Waals surface area contributed by atoms with E-state index in [-0.39, 0.29) is 12.3 Å². The predicted octanol–water partition coefficient (Wildman–Crippen LogP) is -0.313. The zero-order valence-electron chi connectivity index (χ0n) is 8.27. The standard InChI is InChI=1S/C9H13NO5/c1-4(11)10-7(9(14)15)3-5-2-6(5)8(12)13/h5-7H,2-3H2,1H3,(H,10,11)(H,12,13)(H,14,15)/t5-,6-,7+/m1/s1. The molecule has 6 nitrogen and oxygen atoms in total. The van der Waals surface area contributed by atoms with E-state index >= 15 is 0 Å². The van der Waals surface area contributed by atoms with Gasteiger partial charge in [0.05, 0.1) is 5.92 Å². The molecule has 0 aromatic carbocycles. The number of aliphatic carboxylic acids is 2. The molecule has 0 saturated heterocycles. The maximum Gasteiger partial charge on any atom is 0.326 e. The molecule has 6 heteroatoms. The normalized spacial score (nSPS) is 25.4. The summed E-state index contributed by atoms with van der Waals surface area (Å²) in [5.74, 6) is -3.01. The first-order chi connectivity index (χ1) is 6.91. The Hall–Kier alpha value is -1.59. The fourth-order valence-electron chi connectivity index (χ4n) is 1.58. The molecule has 0 spiro atoms. The van der Waals surface area contributed by atoms with Crippen LogP contribution in [0, 0.1) is 11.8 Å². The summed E-state index contributed by atoms with van der Waals surface area (Å²) < 4.78 is 0. The highest BCUT2D eigenvalue weighted by Gasteiger charge is 2.45. The van der Waals surface area contributed by atoms with Gasteiger partial charge in [0, 0.05) is 6.92 Å². The van der Waals surface area contributed by atoms with Crippen molar-refractivity contribution in [3.8, 4) is 0 Å². The van der Waals surface area contributed by atoms with Crippen molar-refractivity contribution in [3.05, 3.63) is 0 Å². The van der Waals surface area contributed by atoms with Crippen LogP contribution in [0.4, 0.5) is 0 Å². The summed E-state index contributed by atoms with van der Waals surface area (Å²) in [4.78, 5) is 31.9. The molecule has 0 radical (unpaired) electrons. The molecule has 84 valence electrons. The van der Waals surface area contributed by atoms with Crippen LogP contribution in [-0.2, 0) is 14.4 Å². The molecule has 1 rings (SSSR count). The van der Waals surface area contributed by atoms with Gasteiger partial charge in [-0.25, -0.2) is 4.79 Å². The van der Waals surface area contributed by atoms with Crippen LogP contribution in [0.3, 0.4) is 0 Å². The Morgan fingerprint density at radius 1 is 1.40 bits per heavy atom. The zero-order chi connectivity index (χ0) is 11.6. The SMILES string of the molecule is CC(=O)N[C@@H](C[C@H]1C[C@H]1C(=O)O)C(=O)O. The van der Waals surface area contributed by atoms with E-state index < -0.39 is 29.8 Å². The molecule has 1 aliphatic carbocycles. The van der Waals surface area contributed by atoms with E-state index in [1.54, 1.807) is 0 Å². The molecule has 0 aliphatic heterocycles. The number of carboxylic acids is 2. The fraction of sp³-hybridized carbons (Fsp3) is 0.667. The molecule has 1 saturated carbocycles. The highest BCUT2D eigenvalue weighted by Crippen LogP contribution is 2.42. The number of hydrogen-bond acceptors (Lipinski definition) is 3. The van der Waals surface area contributed by atoms with Crippen LogP contribution in [0.25, 0.3) is 0 Å². The summed E-state index contributed by atoms with van der Waals surface area (Å²) in [6, 6.07) is -0.975. The van der Waals surface area contributed by atoms with Gasteiger partial charge < -0.3 is 15.5 Å². The smallest absolute Gasteiger partial charge is 0.326 e. The Kier molecular flexibility index (Phi) is 3.28. The average molecular weight is 215 g/mol. The molecule has 15 heavy (non-hydrogen) atoms. The van der Waals surface area contributed by atoms with Crippen LogP contribution < -0.4 is 5.32 Å². The third-order valence-corrected chi connectivity index (χ3v) is 2.45. The van der Waals surface area contributed by atoms with Crippen molar-refractivity contribution in [2.45, 2.75) is 25.8 Å². The summed E-state index contributed by atoms with van der Waals surface area (Å²) >= 11 is 0. The molecule has 0 unspecified atom stereocenters. The topological polar surface area (TPSA) is 104 Å². The summed E-state index contributed by atoms with van der Waals surface area (Å²) in [6.45, 7) is 1.23. The second-order valence-electron chi connectivity index (χ2n) is 3.77. The number of carbonyl (C=O) groups is 3. The van der Waals surface area contributed by atoms with E-state index in [9.17, 15) is 14.4 Å². The average Bonchev–Trinajstić information content (AvgIpc) is 2.81. The van der Waals surface area contributed by atoms with Crippen LogP contribution in [0.5, 0.6) is 0 Å². The van der Waals surface area contributed by atoms with Crippen molar-refractivity contribution in [3.63, 3.8) is 0 Å². The van der Waals surface area contributed by atoms with Gasteiger partial charge in [-0.3, -0.25) is 9.59 Å². The molecule has 1 amide bonds. The number of hydrogen-bond donors (Lipinski definition) is 3. The van der Waals surface area contributed by atoms with Crippen LogP contribution in [0.15, 0.2) is 0 Å². The molecule has 3 atom stereocenters. The third kappa shape index (κ3) is 3.23. The molecular weight excluding hydrogens is 202 g/mol. The van der Waals surface area contributed by atoms with Gasteiger partial charge in [-0.15, -0.1) is 0 Å². The van der Waals surface area contributed by atoms with Gasteiger partial charge >= 0.3 is 11.9 Å². The number of rotatable bonds is 5. The lowest BCUT2D eigenvalue weighted by Gasteiger charge is -2.12. The molecule has 0 heterocycles. The maximum atomic E-state index is 10.7. The minimum Gasteiger partial charge on any atom is -0.481 e. The van der Waals surface area contributed by atoms with Crippen molar-refractivity contribution in [1.82, 2.24) is 5.32 Å². The van der Waals surface area contributed by atoms with E-state index in [0.29, 0.717) is 6.42 Å². The first kappa shape index (κ1) is 11.5. The highest BCUT2D eigenvalue weighted by molar-refractivity contribution is 5.82. The second-order valence-corrected chi connectivity index (χ2v) is 3.77. The number of carbonyl (C=O) groups excluding carboxylic acids is 1. The summed E-state index contributed by atoms with van der Waals surface area (Å²) in [7, 11) is 0. The van der Waals surface area contributed by atoms with E-state index in [2.05, 4.69) is 5.32 Å². The van der Waals surface area contributed by atoms with E-state index in [1.165, 1.54) is 6.92 Å². The first-order valence-electron chi connectivity index (χ1n) is 4.64. The zero-order valence-corrected chi connectivity index (χ0v) is 8.27. The fourth-order valence-corrected chi connectivity index (χ4v) is 1.58. The molecule has 1 fully saturated rings. The lowest BCUT2D eigenvalue weighted by molar-refractivity contribution is -0.142. The quantitative estimate of drug-likeness (QED) is 0.583. The van der Waals surface area contributed by atoms with Crippen LogP contribution in [0.2, 0.25) is 0 Å². The Morgan fingerprint density at radius 2 is 2.00 bits per heavy atom. The molecular formula is C9H13NO5. The van der Waals surface area contributed by atoms with Gasteiger partial charge in [0.2, 0.25) is 5.91 Å². The summed E-state index contributed by atoms with van der Waals surface area (Å²) in [5.41, 5.74) is 0. The minimum atomic E-state index is -1.12. The molecule has 0 aromatic rings. The monoisotopic (exact) mass is 215 g/mol. The summed E-state index contributed by atoms with van der Waals surface area (Å²) in [5, 5.41) is 19.7. The van der Waals surface area contributed by atoms with Crippen LogP contribution in [-0.4, -0.2) is 34.1 Å². The van der Waals surface area contributed by atoms with Gasteiger partial charge in [0.1, 0.15) is 6.04 Å². The molecule has 0 aromatic heterocycles. The van der Waals surface area contributed by atoms with E-state index in [1.807, 2.05) is 0 Å². The van der Waals surface area contributed by atoms with Crippen LogP contribution in [0.1, 0.15) is 19.8 Å². The van der Waals surface area contributed by atoms with Gasteiger partial charge in [0.25, 0.3) is 0 Å². The number of carboxylic acid groups (broad SMARTS) is 2. The Bertz CT molecular complexity index is 301. The van der Waals surface area contributed by atoms with Crippen molar-refractivity contribution < 1.29 is 24.6 Å². The van der Waals surface area contributed by atoms with Crippen molar-refractivity contribution in [2.75, 3.05) is 0 Å². The van der Waals surface area contributed by atoms with Crippen molar-refractivity contribution in [2.24, 2.45) is 11.8 Å². The van der Waals surface area contributed by atoms with Gasteiger partial charge in [-0.1, -0.05) is 0 Å². The lowest BCUT2D eigenvalue weighted by atomic mass is 10.1. The number of amides is 1. The Labute approximate surface area is 86.3 Å². The first-order valence-corrected chi connectivity index (χ1v) is 4.64. The van der Waals surface area contributed by atoms with Gasteiger partial charge in [-0.05, 0) is 18.8 Å². The van der Waals surface area contributed by atoms with Gasteiger partial charge in [0.15, 0.2) is 0 Å². The highest BCUT2D eigenvalue weighted by atomic mass is 16.4.